The van der Waals surface area contributed by atoms with Crippen LogP contribution in [-0.2, 0) is 16.1 Å². The van der Waals surface area contributed by atoms with E-state index in [0.717, 1.165) is 5.56 Å². The van der Waals surface area contributed by atoms with Crippen molar-refractivity contribution < 1.29 is 19.1 Å². The minimum absolute atomic E-state index is 0.0566. The summed E-state index contributed by atoms with van der Waals surface area (Å²) in [6.45, 7) is 3.62. The van der Waals surface area contributed by atoms with E-state index in [4.69, 9.17) is 44.3 Å². The molecule has 0 heterocycles. The van der Waals surface area contributed by atoms with E-state index in [2.05, 4.69) is 5.32 Å². The Morgan fingerprint density at radius 2 is 1.63 bits per heavy atom. The smallest absolute Gasteiger partial charge is 0.408 e. The van der Waals surface area contributed by atoms with Gasteiger partial charge in [0.25, 0.3) is 0 Å². The summed E-state index contributed by atoms with van der Waals surface area (Å²) >= 11 is 17.8. The fourth-order valence-electron chi connectivity index (χ4n) is 2.14. The van der Waals surface area contributed by atoms with Crippen LogP contribution < -0.4 is 10.1 Å². The largest absolute Gasteiger partial charge is 0.445 e. The van der Waals surface area contributed by atoms with E-state index in [-0.39, 0.29) is 33.3 Å². The van der Waals surface area contributed by atoms with Gasteiger partial charge < -0.3 is 14.8 Å². The van der Waals surface area contributed by atoms with Gasteiger partial charge in [-0.2, -0.15) is 0 Å². The topological polar surface area (TPSA) is 64.6 Å². The van der Waals surface area contributed by atoms with Gasteiger partial charge in [0, 0.05) is 6.07 Å². The van der Waals surface area contributed by atoms with Crippen LogP contribution in [0.3, 0.4) is 0 Å². The van der Waals surface area contributed by atoms with Crippen LogP contribution in [0, 0.1) is 5.92 Å². The van der Waals surface area contributed by atoms with Crippen LogP contribution >= 0.6 is 34.8 Å². The molecule has 0 aromatic heterocycles. The van der Waals surface area contributed by atoms with Crippen LogP contribution in [0.4, 0.5) is 4.79 Å². The Hall–Kier alpha value is -1.95. The van der Waals surface area contributed by atoms with Crippen LogP contribution in [0.2, 0.25) is 15.1 Å². The zero-order chi connectivity index (χ0) is 20.0. The molecule has 0 bridgehead atoms. The molecule has 0 aliphatic rings. The van der Waals surface area contributed by atoms with Crippen molar-refractivity contribution in [2.75, 3.05) is 0 Å². The number of hydrogen-bond acceptors (Lipinski definition) is 4. The maximum absolute atomic E-state index is 12.5. The third-order valence-corrected chi connectivity index (χ3v) is 4.61. The van der Waals surface area contributed by atoms with Gasteiger partial charge in [0.1, 0.15) is 12.6 Å². The van der Waals surface area contributed by atoms with Crippen LogP contribution in [0.15, 0.2) is 42.5 Å². The normalized spacial score (nSPS) is 11.8. The molecule has 0 saturated carbocycles. The molecule has 2 aromatic carbocycles. The lowest BCUT2D eigenvalue weighted by molar-refractivity contribution is -0.137. The van der Waals surface area contributed by atoms with E-state index in [0.29, 0.717) is 0 Å². The maximum Gasteiger partial charge on any atom is 0.408 e. The molecular weight excluding hydrogens is 413 g/mol. The van der Waals surface area contributed by atoms with E-state index in [9.17, 15) is 9.59 Å². The number of benzene rings is 2. The van der Waals surface area contributed by atoms with Gasteiger partial charge >= 0.3 is 12.1 Å². The van der Waals surface area contributed by atoms with Gasteiger partial charge in [0.15, 0.2) is 5.75 Å². The summed E-state index contributed by atoms with van der Waals surface area (Å²) in [5.74, 6) is -0.883. The highest BCUT2D eigenvalue weighted by molar-refractivity contribution is 6.43. The summed E-state index contributed by atoms with van der Waals surface area (Å²) in [6, 6.07) is 11.0. The first-order valence-corrected chi connectivity index (χ1v) is 9.24. The molecule has 0 aliphatic heterocycles. The maximum atomic E-state index is 12.5. The minimum atomic E-state index is -0.932. The van der Waals surface area contributed by atoms with E-state index >= 15 is 0 Å². The Morgan fingerprint density at radius 1 is 1.00 bits per heavy atom. The van der Waals surface area contributed by atoms with Crippen LogP contribution in [0.1, 0.15) is 19.4 Å². The first kappa shape index (κ1) is 21.4. The van der Waals surface area contributed by atoms with Gasteiger partial charge in [-0.25, -0.2) is 9.59 Å². The molecule has 5 nitrogen and oxygen atoms in total. The fourth-order valence-corrected chi connectivity index (χ4v) is 2.72. The third kappa shape index (κ3) is 6.31. The molecule has 0 fully saturated rings. The molecule has 1 amide bonds. The van der Waals surface area contributed by atoms with Crippen molar-refractivity contribution in [2.24, 2.45) is 5.92 Å². The van der Waals surface area contributed by atoms with Gasteiger partial charge in [-0.1, -0.05) is 79.0 Å². The molecule has 0 aliphatic carbocycles. The van der Waals surface area contributed by atoms with Gasteiger partial charge in [-0.15, -0.1) is 0 Å². The number of carbonyl (C=O) groups is 2. The highest BCUT2D eigenvalue weighted by Crippen LogP contribution is 2.34. The van der Waals surface area contributed by atoms with Crippen molar-refractivity contribution in [3.8, 4) is 5.75 Å². The van der Waals surface area contributed by atoms with Crippen molar-refractivity contribution in [1.82, 2.24) is 5.32 Å². The average Bonchev–Trinajstić information content (AvgIpc) is 2.63. The van der Waals surface area contributed by atoms with Gasteiger partial charge in [0.2, 0.25) is 0 Å². The summed E-state index contributed by atoms with van der Waals surface area (Å²) in [5, 5.41) is 3.08. The highest BCUT2D eigenvalue weighted by atomic mass is 35.5. The van der Waals surface area contributed by atoms with Crippen molar-refractivity contribution in [3.05, 3.63) is 63.1 Å². The molecule has 27 heavy (non-hydrogen) atoms. The number of esters is 1. The average molecular weight is 431 g/mol. The van der Waals surface area contributed by atoms with Gasteiger partial charge in [-0.3, -0.25) is 0 Å². The number of carbonyl (C=O) groups excluding carboxylic acids is 2. The van der Waals surface area contributed by atoms with E-state index in [1.54, 1.807) is 13.8 Å². The number of rotatable bonds is 6. The van der Waals surface area contributed by atoms with E-state index < -0.39 is 18.1 Å². The zero-order valence-corrected chi connectivity index (χ0v) is 16.9. The van der Waals surface area contributed by atoms with Gasteiger partial charge in [-0.05, 0) is 17.5 Å². The van der Waals surface area contributed by atoms with E-state index in [1.165, 1.54) is 12.1 Å². The number of halogens is 3. The fraction of sp³-hybridized carbons (Fsp3) is 0.263. The summed E-state index contributed by atoms with van der Waals surface area (Å²) in [5.41, 5.74) is 0.832. The molecule has 1 unspecified atom stereocenters. The molecule has 2 rings (SSSR count). The van der Waals surface area contributed by atoms with Gasteiger partial charge in [0.05, 0.1) is 15.1 Å². The second-order valence-corrected chi connectivity index (χ2v) is 7.27. The SMILES string of the molecule is CC(C)C(NC(=O)OCc1ccccc1)C(=O)Oc1cc(Cl)c(Cl)cc1Cl. The van der Waals surface area contributed by atoms with Crippen LogP contribution in [0.25, 0.3) is 0 Å². The summed E-state index contributed by atoms with van der Waals surface area (Å²) in [7, 11) is 0. The Kier molecular flexibility index (Phi) is 7.78. The Labute approximate surface area is 172 Å². The Bertz CT molecular complexity index is 812. The minimum Gasteiger partial charge on any atom is -0.445 e. The van der Waals surface area contributed by atoms with Crippen molar-refractivity contribution in [3.63, 3.8) is 0 Å². The lowest BCUT2D eigenvalue weighted by Gasteiger charge is -2.21. The van der Waals surface area contributed by atoms with Crippen LogP contribution in [0.5, 0.6) is 5.75 Å². The summed E-state index contributed by atoms with van der Waals surface area (Å²) in [6.07, 6.45) is -0.727. The van der Waals surface area contributed by atoms with E-state index in [1.807, 2.05) is 30.3 Å². The number of amides is 1. The zero-order valence-electron chi connectivity index (χ0n) is 14.7. The molecule has 1 N–H and O–H groups in total. The van der Waals surface area contributed by atoms with Crippen molar-refractivity contribution >= 4 is 46.9 Å². The second kappa shape index (κ2) is 9.83. The second-order valence-electron chi connectivity index (χ2n) is 6.05. The molecular formula is C19H18Cl3NO4. The van der Waals surface area contributed by atoms with Crippen LogP contribution in [-0.4, -0.2) is 18.1 Å². The lowest BCUT2D eigenvalue weighted by Crippen LogP contribution is -2.46. The molecule has 1 atom stereocenters. The predicted octanol–water partition coefficient (Wildman–Crippen LogP) is 5.50. The summed E-state index contributed by atoms with van der Waals surface area (Å²) < 4.78 is 10.4. The summed E-state index contributed by atoms with van der Waals surface area (Å²) in [4.78, 5) is 24.5. The number of nitrogens with one attached hydrogen (secondary N) is 1. The Balaban J connectivity index is 2.00. The number of alkyl carbamates (subject to hydrolysis) is 1. The molecule has 0 spiro atoms. The molecule has 2 aromatic rings. The monoisotopic (exact) mass is 429 g/mol. The highest BCUT2D eigenvalue weighted by Gasteiger charge is 2.27. The van der Waals surface area contributed by atoms with Crippen molar-refractivity contribution in [2.45, 2.75) is 26.5 Å². The lowest BCUT2D eigenvalue weighted by atomic mass is 10.1. The molecule has 8 heteroatoms. The quantitative estimate of drug-likeness (QED) is 0.373. The Morgan fingerprint density at radius 3 is 2.26 bits per heavy atom. The first-order chi connectivity index (χ1) is 12.8. The molecule has 0 saturated heterocycles. The standard InChI is InChI=1S/C19H18Cl3NO4/c1-11(2)17(23-19(25)26-10-12-6-4-3-5-7-12)18(24)27-16-9-14(21)13(20)8-15(16)22/h3-9,11,17H,10H2,1-2H3,(H,23,25). The molecule has 144 valence electrons. The van der Waals surface area contributed by atoms with Crippen molar-refractivity contribution in [1.29, 1.82) is 0 Å². The number of ether oxygens (including phenoxy) is 2. The molecule has 0 radical (unpaired) electrons. The predicted molar refractivity (Wildman–Crippen MR) is 105 cm³/mol. The first-order valence-electron chi connectivity index (χ1n) is 8.11. The number of hydrogen-bond donors (Lipinski definition) is 1. The third-order valence-electron chi connectivity index (χ3n) is 3.59.